The van der Waals surface area contributed by atoms with E-state index >= 15 is 0 Å². The van der Waals surface area contributed by atoms with E-state index in [-0.39, 0.29) is 64.9 Å². The molecule has 1 radical (unpaired) electrons. The Morgan fingerprint density at radius 1 is 1.00 bits per heavy atom. The van der Waals surface area contributed by atoms with E-state index in [1.54, 1.807) is 6.26 Å². The van der Waals surface area contributed by atoms with Crippen molar-refractivity contribution < 1.29 is 34.1 Å². The Bertz CT molecular complexity index is 22.5. The zero-order valence-electron chi connectivity index (χ0n) is 6.31. The first kappa shape index (κ1) is 59.4. The molecule has 0 aromatic heterocycles. The maximum Gasteiger partial charge on any atom is 0.0194 e. The Hall–Kier alpha value is 1.84. The molecule has 1 atom stereocenters. The summed E-state index contributed by atoms with van der Waals surface area (Å²) >= 11 is 3.53. The molecule has 0 aromatic carbocycles. The molecule has 4 heteroatoms. The van der Waals surface area contributed by atoms with Gasteiger partial charge in [-0.15, -0.1) is 0 Å². The third-order valence-electron chi connectivity index (χ3n) is 0. The van der Waals surface area contributed by atoms with Crippen LogP contribution in [0.4, 0.5) is 0 Å². The monoisotopic (exact) mass is 268 g/mol. The minimum atomic E-state index is 0. The SMILES string of the molecule is C.C.C.CN.CS.P.[3H]C.[Y]. The molecule has 0 aliphatic rings. The molecular formula is C6H28NPSY. The van der Waals surface area contributed by atoms with E-state index in [1.807, 2.05) is 0 Å². The summed E-state index contributed by atoms with van der Waals surface area (Å²) in [4.78, 5) is 0. The molecule has 0 bridgehead atoms. The molecule has 0 saturated carbocycles. The van der Waals surface area contributed by atoms with Crippen molar-refractivity contribution in [3.63, 3.8) is 0 Å². The van der Waals surface area contributed by atoms with Crippen LogP contribution >= 0.6 is 22.5 Å². The van der Waals surface area contributed by atoms with Gasteiger partial charge in [-0.25, -0.2) is 0 Å². The minimum Gasteiger partial charge on any atom is -0.333 e. The molecule has 2 N–H and O–H groups in total. The molecule has 1 nitrogen and oxygen atoms in total. The Balaban J connectivity index is -0.00000000167. The van der Waals surface area contributed by atoms with Crippen LogP contribution in [0.5, 0.6) is 0 Å². The fraction of sp³-hybridized carbons (Fsp3) is 1.00. The third-order valence-corrected chi connectivity index (χ3v) is 0. The van der Waals surface area contributed by atoms with Gasteiger partial charge in [0.25, 0.3) is 0 Å². The number of nitrogens with two attached hydrogens (primary N) is 1. The van der Waals surface area contributed by atoms with Crippen molar-refractivity contribution in [2.45, 2.75) is 29.7 Å². The van der Waals surface area contributed by atoms with Gasteiger partial charge in [-0.2, -0.15) is 22.5 Å². The van der Waals surface area contributed by atoms with Gasteiger partial charge in [0, 0.05) is 34.1 Å². The predicted molar refractivity (Wildman–Crippen MR) is 63.1 cm³/mol. The summed E-state index contributed by atoms with van der Waals surface area (Å²) in [6.07, 6.45) is 1.69. The van der Waals surface area contributed by atoms with Gasteiger partial charge >= 0.3 is 0 Å². The average Bonchev–Trinajstić information content (AvgIpc) is 1.81. The summed E-state index contributed by atoms with van der Waals surface area (Å²) in [5.41, 5.74) is 4.50. The van der Waals surface area contributed by atoms with Crippen molar-refractivity contribution in [3.8, 4) is 0 Å². The molecule has 71 valence electrons. The fourth-order valence-electron chi connectivity index (χ4n) is 0. The molecule has 0 saturated heterocycles. The first-order chi connectivity index (χ1) is 3.00. The summed E-state index contributed by atoms with van der Waals surface area (Å²) in [7, 11) is 2.75. The van der Waals surface area contributed by atoms with Gasteiger partial charge in [-0.1, -0.05) is 29.7 Å². The number of thiol groups is 1. The van der Waals surface area contributed by atoms with E-state index in [0.29, 0.717) is 0 Å². The normalized spacial score (nSPS) is 1.90. The van der Waals surface area contributed by atoms with Crippen LogP contribution in [0.3, 0.4) is 0 Å². The standard InChI is InChI=1S/CH5N.CH4S.4CH4.H3P.Y/c2*1-2;;;;;;/h2H2,1H3;2H,1H3;4*1H4;1H3;/i;;1T;;;;;. The summed E-state index contributed by atoms with van der Waals surface area (Å²) < 4.78 is 5.75. The van der Waals surface area contributed by atoms with E-state index < -0.39 is 0 Å². The first-order valence-corrected chi connectivity index (χ1v) is 1.92. The Kier molecular flexibility index (Phi) is 1830. The Morgan fingerprint density at radius 2 is 1.00 bits per heavy atom. The molecule has 1 unspecified atom stereocenters. The number of hydrogen-bond acceptors (Lipinski definition) is 2. The fourth-order valence-corrected chi connectivity index (χ4v) is 0. The summed E-state index contributed by atoms with van der Waals surface area (Å²) in [5, 5.41) is 0. The van der Waals surface area contributed by atoms with Crippen LogP contribution in [-0.4, -0.2) is 13.3 Å². The maximum atomic E-state index is 5.75. The topological polar surface area (TPSA) is 26.0 Å². The van der Waals surface area contributed by atoms with Gasteiger partial charge < -0.3 is 5.73 Å². The van der Waals surface area contributed by atoms with Crippen LogP contribution in [0.1, 0.15) is 31.1 Å². The van der Waals surface area contributed by atoms with E-state index in [2.05, 4.69) is 18.4 Å². The Labute approximate surface area is 105 Å². The van der Waals surface area contributed by atoms with Crippen molar-refractivity contribution in [2.24, 2.45) is 5.73 Å². The van der Waals surface area contributed by atoms with E-state index in [4.69, 9.17) is 1.37 Å². The average molecular weight is 268 g/mol. The maximum absolute atomic E-state index is 5.75. The van der Waals surface area contributed by atoms with Crippen LogP contribution in [0, 0.1) is 0 Å². The van der Waals surface area contributed by atoms with Crippen LogP contribution in [0.25, 0.3) is 0 Å². The molecule has 0 spiro atoms. The molecule has 0 aromatic rings. The molecule has 0 amide bonds. The molecular weight excluding hydrogens is 238 g/mol. The zero-order valence-corrected chi connectivity index (χ0v) is 10.5. The third kappa shape index (κ3) is 226. The predicted octanol–water partition coefficient (Wildman–Crippen LogP) is 2.72. The van der Waals surface area contributed by atoms with Gasteiger partial charge in [-0.05, 0) is 13.3 Å². The van der Waals surface area contributed by atoms with Crippen LogP contribution < -0.4 is 5.73 Å². The molecule has 0 aliphatic carbocycles. The van der Waals surface area contributed by atoms with Crippen molar-refractivity contribution >= 4 is 22.5 Å². The molecule has 10 heavy (non-hydrogen) atoms. The second-order valence-corrected chi connectivity index (χ2v) is 0. The van der Waals surface area contributed by atoms with Crippen LogP contribution in [0.2, 0.25) is 0 Å². The summed E-state index contributed by atoms with van der Waals surface area (Å²) in [6, 6.07) is 0. The number of hydrogen-bond donors (Lipinski definition) is 2. The van der Waals surface area contributed by atoms with Crippen LogP contribution in [0.15, 0.2) is 0 Å². The molecule has 0 fully saturated rings. The molecule has 0 heterocycles. The summed E-state index contributed by atoms with van der Waals surface area (Å²) in [6.45, 7) is 0. The van der Waals surface area contributed by atoms with E-state index in [9.17, 15) is 0 Å². The first-order valence-electron chi connectivity index (χ1n) is 2.02. The second-order valence-electron chi connectivity index (χ2n) is 0. The van der Waals surface area contributed by atoms with Crippen molar-refractivity contribution in [1.82, 2.24) is 0 Å². The van der Waals surface area contributed by atoms with Gasteiger partial charge in [0.05, 0.1) is 0 Å². The van der Waals surface area contributed by atoms with Gasteiger partial charge in [0.1, 0.15) is 0 Å². The van der Waals surface area contributed by atoms with E-state index in [0.717, 1.165) is 0 Å². The largest absolute Gasteiger partial charge is 0.333 e. The van der Waals surface area contributed by atoms with Gasteiger partial charge in [0.15, 0.2) is 0 Å². The van der Waals surface area contributed by atoms with Crippen molar-refractivity contribution in [1.29, 1.82) is 0 Å². The van der Waals surface area contributed by atoms with Crippen molar-refractivity contribution in [2.75, 3.05) is 13.3 Å². The zero-order chi connectivity index (χ0) is 6.00. The minimum absolute atomic E-state index is 0. The smallest absolute Gasteiger partial charge is 0.0194 e. The van der Waals surface area contributed by atoms with Crippen LogP contribution in [-0.2, 0) is 32.7 Å². The Morgan fingerprint density at radius 3 is 1.00 bits per heavy atom. The second kappa shape index (κ2) is 309. The molecule has 0 aliphatic heterocycles. The van der Waals surface area contributed by atoms with Gasteiger partial charge in [-0.3, -0.25) is 0 Å². The van der Waals surface area contributed by atoms with E-state index in [1.165, 1.54) is 14.5 Å². The summed E-state index contributed by atoms with van der Waals surface area (Å²) in [5.74, 6) is 0. The van der Waals surface area contributed by atoms with Crippen molar-refractivity contribution in [3.05, 3.63) is 0 Å². The number of rotatable bonds is 0. The van der Waals surface area contributed by atoms with Gasteiger partial charge in [0.2, 0.25) is 0 Å². The molecule has 0 rings (SSSR count). The quantitative estimate of drug-likeness (QED) is 0.513.